The number of benzene rings is 1. The summed E-state index contributed by atoms with van der Waals surface area (Å²) < 4.78 is 0. The number of guanidine groups is 5. The Bertz CT molecular complexity index is 3360. The van der Waals surface area contributed by atoms with Crippen molar-refractivity contribution in [2.45, 2.75) is 214 Å². The van der Waals surface area contributed by atoms with Crippen LogP contribution in [0.3, 0.4) is 0 Å². The van der Waals surface area contributed by atoms with E-state index < -0.39 is 162 Å². The fraction of sp³-hybridized carbons (Fsp3) is 0.642. The van der Waals surface area contributed by atoms with Gasteiger partial charge in [-0.2, -0.15) is 0 Å². The standard InChI is InChI=1S/C67H120N30O15/c1-37(98)51(71)62(112)97-34-14-24-48(97)61(111)95-46(25-26-49(70)99)59(109)93-45(23-13-33-86-67(80)81)58(108)96-47(35-38-15-3-2-4-16-38)60(110)94-44(22-12-32-85-66(78)79)57(107)92-43(21-11-31-84-65(76)77)56(106)91-42(20-10-30-83-64(74)75)55(105)90-41(18-6-8-28-69)54(104)89-40(17-5-7-27-68)53(103)88-39(19-9-29-82-63(72)73)52(102)87-36-50(100)101/h2-4,15-16,37,39-48,51,98H,5-14,17-36,68-69,71H2,1H3,(H2,70,99)(H,87,102)(H,88,103)(H,89,104)(H,90,105)(H,91,106)(H,92,107)(H,93,109)(H,94,110)(H,95,111)(H,96,108)(H,100,101)(H4,72,73,82)(H4,74,75,83)(H4,76,77,84)(H4,78,79,85)(H4,80,81,86)/t37-,39+,40+,41+,42+,43+,44+,45+,46+,47+,48+,51+/m1/s1. The molecule has 12 atom stereocenters. The summed E-state index contributed by atoms with van der Waals surface area (Å²) in [6.07, 6.45) is -1.47. The Morgan fingerprint density at radius 3 is 1.04 bits per heavy atom. The van der Waals surface area contributed by atoms with Crippen LogP contribution in [0.1, 0.15) is 141 Å². The van der Waals surface area contributed by atoms with Crippen molar-refractivity contribution in [1.82, 2.24) is 58.1 Å². The smallest absolute Gasteiger partial charge is 0.322 e. The molecule has 1 heterocycles. The second-order valence-corrected chi connectivity index (χ2v) is 26.6. The normalized spacial score (nSPS) is 15.2. The van der Waals surface area contributed by atoms with E-state index >= 15 is 9.59 Å². The maximum Gasteiger partial charge on any atom is 0.322 e. The fourth-order valence-electron chi connectivity index (χ4n) is 11.4. The van der Waals surface area contributed by atoms with E-state index in [1.807, 2.05) is 0 Å². The lowest BCUT2D eigenvalue weighted by Gasteiger charge is -2.30. The number of aliphatic carboxylic acids is 1. The predicted octanol–water partition coefficient (Wildman–Crippen LogP) is -10.7. The quantitative estimate of drug-likeness (QED) is 0.0164. The first kappa shape index (κ1) is 96.6. The van der Waals surface area contributed by atoms with E-state index in [1.165, 1.54) is 11.8 Å². The Morgan fingerprint density at radius 1 is 0.429 bits per heavy atom. The molecule has 2 rings (SSSR count). The van der Waals surface area contributed by atoms with E-state index in [0.717, 1.165) is 0 Å². The minimum Gasteiger partial charge on any atom is -0.480 e. The van der Waals surface area contributed by atoms with E-state index in [-0.39, 0.29) is 191 Å². The lowest BCUT2D eigenvalue weighted by molar-refractivity contribution is -0.142. The average Bonchev–Trinajstić information content (AvgIpc) is 1.63. The van der Waals surface area contributed by atoms with Gasteiger partial charge in [0.2, 0.25) is 70.9 Å². The largest absolute Gasteiger partial charge is 0.480 e. The number of hydrogen-bond acceptors (Lipinski definition) is 22. The van der Waals surface area contributed by atoms with Gasteiger partial charge in [-0.25, -0.2) is 0 Å². The molecule has 0 radical (unpaired) electrons. The summed E-state index contributed by atoms with van der Waals surface area (Å²) in [5.41, 5.74) is 79.5. The van der Waals surface area contributed by atoms with E-state index in [2.05, 4.69) is 78.1 Å². The summed E-state index contributed by atoms with van der Waals surface area (Å²) in [5.74, 6) is -13.7. The molecule has 40 N–H and O–H groups in total. The van der Waals surface area contributed by atoms with Gasteiger partial charge in [0.25, 0.3) is 0 Å². The number of nitrogens with zero attached hydrogens (tertiary/aromatic N) is 6. The summed E-state index contributed by atoms with van der Waals surface area (Å²) in [4.78, 5) is 203. The van der Waals surface area contributed by atoms with Gasteiger partial charge < -0.3 is 149 Å². The highest BCUT2D eigenvalue weighted by atomic mass is 16.4. The van der Waals surface area contributed by atoms with Crippen LogP contribution in [0.4, 0.5) is 0 Å². The molecule has 0 spiro atoms. The number of nitrogens with two attached hydrogens (primary N) is 14. The van der Waals surface area contributed by atoms with E-state index in [1.54, 1.807) is 30.3 Å². The van der Waals surface area contributed by atoms with Crippen LogP contribution in [0, 0.1) is 0 Å². The summed E-state index contributed by atoms with van der Waals surface area (Å²) >= 11 is 0. The van der Waals surface area contributed by atoms with Crippen LogP contribution >= 0.6 is 0 Å². The molecule has 0 unspecified atom stereocenters. The van der Waals surface area contributed by atoms with Crippen molar-refractivity contribution in [3.05, 3.63) is 35.9 Å². The first-order chi connectivity index (χ1) is 53.1. The molecule has 1 aromatic rings. The van der Waals surface area contributed by atoms with Gasteiger partial charge in [0.05, 0.1) is 6.10 Å². The number of aliphatic imine (C=N–C) groups is 5. The number of likely N-dealkylation sites (tertiary alicyclic amines) is 1. The molecule has 112 heavy (non-hydrogen) atoms. The van der Waals surface area contributed by atoms with Crippen LogP contribution in [0.25, 0.3) is 0 Å². The molecule has 1 aromatic carbocycles. The van der Waals surface area contributed by atoms with Gasteiger partial charge in [-0.3, -0.25) is 87.3 Å². The minimum atomic E-state index is -1.59. The highest BCUT2D eigenvalue weighted by molar-refractivity contribution is 6.00. The minimum absolute atomic E-state index is 0.000442. The first-order valence-electron chi connectivity index (χ1n) is 37.0. The molecule has 12 amide bonds. The molecule has 1 aliphatic heterocycles. The van der Waals surface area contributed by atoms with Crippen LogP contribution in [0.5, 0.6) is 0 Å². The van der Waals surface area contributed by atoms with E-state index in [0.29, 0.717) is 24.8 Å². The number of unbranched alkanes of at least 4 members (excludes halogenated alkanes) is 2. The molecular weight excluding hydrogens is 1460 g/mol. The van der Waals surface area contributed by atoms with Gasteiger partial charge in [0.1, 0.15) is 73.0 Å². The molecule has 1 saturated heterocycles. The van der Waals surface area contributed by atoms with Crippen molar-refractivity contribution in [1.29, 1.82) is 0 Å². The van der Waals surface area contributed by atoms with Gasteiger partial charge in [0.15, 0.2) is 29.8 Å². The van der Waals surface area contributed by atoms with Crippen molar-refractivity contribution in [3.8, 4) is 0 Å². The Hall–Kier alpha value is -11.5. The lowest BCUT2D eigenvalue weighted by Crippen LogP contribution is -2.61. The summed E-state index contributed by atoms with van der Waals surface area (Å²) in [7, 11) is 0. The van der Waals surface area contributed by atoms with Crippen LogP contribution in [0.15, 0.2) is 55.3 Å². The average molecular weight is 1590 g/mol. The number of carbonyl (C=O) groups is 13. The third kappa shape index (κ3) is 39.8. The maximum atomic E-state index is 15.1. The topological polar surface area (TPSA) is 812 Å². The molecule has 0 bridgehead atoms. The number of aliphatic hydroxyl groups is 1. The van der Waals surface area contributed by atoms with E-state index in [9.17, 15) is 63.0 Å². The number of nitrogens with one attached hydrogen (secondary N) is 10. The highest BCUT2D eigenvalue weighted by Crippen LogP contribution is 2.20. The van der Waals surface area contributed by atoms with Crippen LogP contribution in [0.2, 0.25) is 0 Å². The van der Waals surface area contributed by atoms with Crippen molar-refractivity contribution < 1.29 is 72.5 Å². The fourth-order valence-corrected chi connectivity index (χ4v) is 11.4. The molecule has 0 aromatic heterocycles. The second kappa shape index (κ2) is 53.4. The monoisotopic (exact) mass is 1580 g/mol. The molecular formula is C67H120N30O15. The number of amides is 12. The SMILES string of the molecule is C[C@@H](O)[C@H](N)C(=O)N1CCC[C@H]1C(=O)N[C@@H](CCC(N)=O)C(=O)N[C@@H](CCCN=C(N)N)C(=O)N[C@@H](Cc1ccccc1)C(=O)N[C@@H](CCCN=C(N)N)C(=O)N[C@@H](CCCN=C(N)N)C(=O)N[C@@H](CCCN=C(N)N)C(=O)N[C@@H](CCCCN)C(=O)N[C@@H](CCCCN)C(=O)N[C@@H](CCCN=C(N)N)C(=O)NCC(=O)O. The van der Waals surface area contributed by atoms with Crippen LogP contribution in [-0.4, -0.2) is 253 Å². The second-order valence-electron chi connectivity index (χ2n) is 26.6. The zero-order chi connectivity index (χ0) is 83.8. The number of carboxylic acids is 1. The molecule has 1 fully saturated rings. The Morgan fingerprint density at radius 2 is 0.732 bits per heavy atom. The number of carboxylic acid groups (broad SMARTS) is 1. The molecule has 1 aliphatic rings. The lowest BCUT2D eigenvalue weighted by atomic mass is 10.0. The third-order valence-electron chi connectivity index (χ3n) is 17.3. The molecule has 45 heteroatoms. The Labute approximate surface area is 649 Å². The summed E-state index contributed by atoms with van der Waals surface area (Å²) in [6, 6.07) is -7.82. The molecule has 45 nitrogen and oxygen atoms in total. The number of primary amides is 1. The number of rotatable bonds is 56. The number of hydrogen-bond donors (Lipinski definition) is 26. The van der Waals surface area contributed by atoms with Gasteiger partial charge in [-0.05, 0) is 148 Å². The van der Waals surface area contributed by atoms with Gasteiger partial charge in [-0.15, -0.1) is 0 Å². The third-order valence-corrected chi connectivity index (χ3v) is 17.3. The first-order valence-corrected chi connectivity index (χ1v) is 37.0. The molecule has 628 valence electrons. The van der Waals surface area contributed by atoms with Crippen LogP contribution < -0.4 is 133 Å². The number of aliphatic hydroxyl groups excluding tert-OH is 1. The Kier molecular flexibility index (Phi) is 46.0. The highest BCUT2D eigenvalue weighted by Gasteiger charge is 2.40. The van der Waals surface area contributed by atoms with Gasteiger partial charge in [0, 0.05) is 52.1 Å². The van der Waals surface area contributed by atoms with Crippen molar-refractivity contribution in [2.75, 3.05) is 58.9 Å². The Balaban J connectivity index is 2.77. The van der Waals surface area contributed by atoms with Crippen molar-refractivity contribution in [3.63, 3.8) is 0 Å². The summed E-state index contributed by atoms with van der Waals surface area (Å²) in [6.45, 7) is 0.705. The van der Waals surface area contributed by atoms with Crippen molar-refractivity contribution >= 4 is 107 Å². The zero-order valence-corrected chi connectivity index (χ0v) is 63.5. The predicted molar refractivity (Wildman–Crippen MR) is 416 cm³/mol. The van der Waals surface area contributed by atoms with Crippen LogP contribution in [-0.2, 0) is 68.7 Å². The van der Waals surface area contributed by atoms with Crippen molar-refractivity contribution in [2.24, 2.45) is 105 Å². The van der Waals surface area contributed by atoms with E-state index in [4.69, 9.17) is 80.3 Å². The summed E-state index contributed by atoms with van der Waals surface area (Å²) in [5, 5.41) is 45.4. The number of carbonyl (C=O) groups excluding carboxylic acids is 12. The maximum absolute atomic E-state index is 15.1. The molecule has 0 aliphatic carbocycles. The van der Waals surface area contributed by atoms with Gasteiger partial charge in [-0.1, -0.05) is 30.3 Å². The van der Waals surface area contributed by atoms with Gasteiger partial charge >= 0.3 is 5.97 Å². The molecule has 0 saturated carbocycles. The zero-order valence-electron chi connectivity index (χ0n) is 63.5.